The number of nitrogens with one attached hydrogen (secondary N) is 2. The van der Waals surface area contributed by atoms with Crippen molar-refractivity contribution in [3.8, 4) is 0 Å². The second kappa shape index (κ2) is 12.0. The minimum atomic E-state index is -0.199. The number of ether oxygens (including phenoxy) is 2. The molecule has 0 bridgehead atoms. The summed E-state index contributed by atoms with van der Waals surface area (Å²) in [5.74, 6) is 1.56. The van der Waals surface area contributed by atoms with Crippen LogP contribution in [0.3, 0.4) is 0 Å². The van der Waals surface area contributed by atoms with Crippen LogP contribution in [-0.4, -0.2) is 94.5 Å². The van der Waals surface area contributed by atoms with E-state index in [1.54, 1.807) is 12.0 Å². The summed E-state index contributed by atoms with van der Waals surface area (Å²) < 4.78 is 10.2. The molecule has 2 aliphatic heterocycles. The molecular formula is C19H37N5O3. The maximum Gasteiger partial charge on any atom is 0.409 e. The van der Waals surface area contributed by atoms with Crippen molar-refractivity contribution >= 4 is 12.1 Å². The van der Waals surface area contributed by atoms with Gasteiger partial charge in [0, 0.05) is 46.4 Å². The smallest absolute Gasteiger partial charge is 0.409 e. The summed E-state index contributed by atoms with van der Waals surface area (Å²) in [5, 5.41) is 7.00. The number of nitrogens with zero attached hydrogens (tertiary/aromatic N) is 3. The number of likely N-dealkylation sites (tertiary alicyclic amines) is 2. The molecule has 27 heavy (non-hydrogen) atoms. The monoisotopic (exact) mass is 383 g/mol. The van der Waals surface area contributed by atoms with Crippen LogP contribution in [0, 0.1) is 5.92 Å². The predicted octanol–water partition coefficient (Wildman–Crippen LogP) is 1.13. The van der Waals surface area contributed by atoms with E-state index < -0.39 is 0 Å². The van der Waals surface area contributed by atoms with E-state index in [0.29, 0.717) is 18.6 Å². The number of hydrogen-bond acceptors (Lipinski definition) is 5. The fourth-order valence-electron chi connectivity index (χ4n) is 3.68. The Morgan fingerprint density at radius 3 is 2.44 bits per heavy atom. The third kappa shape index (κ3) is 7.54. The van der Waals surface area contributed by atoms with Crippen molar-refractivity contribution < 1.29 is 14.3 Å². The molecule has 2 aliphatic rings. The molecule has 2 fully saturated rings. The van der Waals surface area contributed by atoms with Crippen LogP contribution in [0.4, 0.5) is 4.79 Å². The maximum atomic E-state index is 11.8. The number of carbonyl (C=O) groups excluding carboxylic acids is 1. The Kier molecular flexibility index (Phi) is 9.69. The van der Waals surface area contributed by atoms with Crippen LogP contribution in [0.5, 0.6) is 0 Å². The van der Waals surface area contributed by atoms with Crippen molar-refractivity contribution in [1.82, 2.24) is 20.4 Å². The molecule has 8 nitrogen and oxygen atoms in total. The Labute approximate surface area is 163 Å². The minimum absolute atomic E-state index is 0.199. The summed E-state index contributed by atoms with van der Waals surface area (Å²) in [6.07, 6.45) is 4.06. The first-order chi connectivity index (χ1) is 13.2. The van der Waals surface area contributed by atoms with Crippen LogP contribution < -0.4 is 10.6 Å². The topological polar surface area (TPSA) is 78.4 Å². The zero-order chi connectivity index (χ0) is 19.5. The normalized spacial score (nSPS) is 20.6. The van der Waals surface area contributed by atoms with Gasteiger partial charge in [-0.1, -0.05) is 0 Å². The van der Waals surface area contributed by atoms with Gasteiger partial charge in [0.25, 0.3) is 0 Å². The van der Waals surface area contributed by atoms with Crippen LogP contribution in [0.15, 0.2) is 4.99 Å². The van der Waals surface area contributed by atoms with Crippen LogP contribution in [-0.2, 0) is 9.47 Å². The van der Waals surface area contributed by atoms with Gasteiger partial charge in [0.2, 0.25) is 0 Å². The van der Waals surface area contributed by atoms with Crippen LogP contribution >= 0.6 is 0 Å². The molecule has 1 amide bonds. The molecular weight excluding hydrogens is 346 g/mol. The van der Waals surface area contributed by atoms with E-state index >= 15 is 0 Å². The first kappa shape index (κ1) is 21.8. The van der Waals surface area contributed by atoms with E-state index in [1.807, 2.05) is 14.0 Å². The Hall–Kier alpha value is -1.54. The molecule has 0 aromatic heterocycles. The number of piperidine rings is 2. The van der Waals surface area contributed by atoms with Crippen molar-refractivity contribution in [2.75, 3.05) is 66.6 Å². The maximum absolute atomic E-state index is 11.8. The Morgan fingerprint density at radius 1 is 1.15 bits per heavy atom. The van der Waals surface area contributed by atoms with Crippen LogP contribution in [0.25, 0.3) is 0 Å². The quantitative estimate of drug-likeness (QED) is 0.507. The van der Waals surface area contributed by atoms with E-state index in [4.69, 9.17) is 9.47 Å². The molecule has 2 saturated heterocycles. The zero-order valence-corrected chi connectivity index (χ0v) is 17.2. The molecule has 0 atom stereocenters. The predicted molar refractivity (Wildman–Crippen MR) is 107 cm³/mol. The molecule has 0 aromatic carbocycles. The Balaban J connectivity index is 1.63. The van der Waals surface area contributed by atoms with Crippen molar-refractivity contribution in [2.24, 2.45) is 10.9 Å². The van der Waals surface area contributed by atoms with E-state index in [-0.39, 0.29) is 6.09 Å². The molecule has 2 N–H and O–H groups in total. The summed E-state index contributed by atoms with van der Waals surface area (Å²) in [6.45, 7) is 8.82. The number of hydrogen-bond donors (Lipinski definition) is 2. The van der Waals surface area contributed by atoms with Crippen molar-refractivity contribution in [3.05, 3.63) is 0 Å². The van der Waals surface area contributed by atoms with E-state index in [1.165, 1.54) is 12.8 Å². The third-order valence-electron chi connectivity index (χ3n) is 5.46. The average molecular weight is 384 g/mol. The summed E-state index contributed by atoms with van der Waals surface area (Å²) in [4.78, 5) is 20.4. The van der Waals surface area contributed by atoms with Crippen molar-refractivity contribution in [3.63, 3.8) is 0 Å². The summed E-state index contributed by atoms with van der Waals surface area (Å²) in [5.41, 5.74) is 0. The molecule has 0 aromatic rings. The fourth-order valence-corrected chi connectivity index (χ4v) is 3.68. The number of methoxy groups -OCH3 is 1. The Morgan fingerprint density at radius 2 is 1.85 bits per heavy atom. The zero-order valence-electron chi connectivity index (χ0n) is 17.2. The third-order valence-corrected chi connectivity index (χ3v) is 5.46. The number of carbonyl (C=O) groups is 1. The molecule has 0 aliphatic carbocycles. The summed E-state index contributed by atoms with van der Waals surface area (Å²) in [7, 11) is 3.58. The first-order valence-corrected chi connectivity index (χ1v) is 10.3. The van der Waals surface area contributed by atoms with Gasteiger partial charge in [-0.2, -0.15) is 0 Å². The van der Waals surface area contributed by atoms with Gasteiger partial charge < -0.3 is 29.9 Å². The van der Waals surface area contributed by atoms with Gasteiger partial charge in [-0.25, -0.2) is 4.79 Å². The lowest BCUT2D eigenvalue weighted by Gasteiger charge is -2.33. The van der Waals surface area contributed by atoms with Crippen LogP contribution in [0.1, 0.15) is 32.6 Å². The minimum Gasteiger partial charge on any atom is -0.450 e. The SMILES string of the molecule is CCOC(=O)N1CCC(NC(=NC)NCC2CCN(CCOC)CC2)CC1. The lowest BCUT2D eigenvalue weighted by molar-refractivity contribution is 0.0963. The van der Waals surface area contributed by atoms with Gasteiger partial charge in [0.15, 0.2) is 5.96 Å². The van der Waals surface area contributed by atoms with Gasteiger partial charge in [-0.15, -0.1) is 0 Å². The van der Waals surface area contributed by atoms with Crippen molar-refractivity contribution in [1.29, 1.82) is 0 Å². The van der Waals surface area contributed by atoms with Crippen molar-refractivity contribution in [2.45, 2.75) is 38.6 Å². The van der Waals surface area contributed by atoms with Gasteiger partial charge in [-0.3, -0.25) is 4.99 Å². The molecule has 0 spiro atoms. The largest absolute Gasteiger partial charge is 0.450 e. The fraction of sp³-hybridized carbons (Fsp3) is 0.895. The highest BCUT2D eigenvalue weighted by Crippen LogP contribution is 2.16. The molecule has 0 saturated carbocycles. The summed E-state index contributed by atoms with van der Waals surface area (Å²) >= 11 is 0. The highest BCUT2D eigenvalue weighted by Gasteiger charge is 2.24. The molecule has 0 radical (unpaired) electrons. The lowest BCUT2D eigenvalue weighted by Crippen LogP contribution is -2.50. The highest BCUT2D eigenvalue weighted by molar-refractivity contribution is 5.80. The number of rotatable bonds is 7. The molecule has 8 heteroatoms. The van der Waals surface area contributed by atoms with E-state index in [9.17, 15) is 4.79 Å². The number of aliphatic imine (C=N–C) groups is 1. The second-order valence-corrected chi connectivity index (χ2v) is 7.34. The van der Waals surface area contributed by atoms with Gasteiger partial charge in [-0.05, 0) is 51.6 Å². The molecule has 156 valence electrons. The van der Waals surface area contributed by atoms with Gasteiger partial charge >= 0.3 is 6.09 Å². The molecule has 0 unspecified atom stereocenters. The van der Waals surface area contributed by atoms with E-state index in [0.717, 1.165) is 64.7 Å². The number of guanidine groups is 1. The summed E-state index contributed by atoms with van der Waals surface area (Å²) in [6, 6.07) is 0.345. The van der Waals surface area contributed by atoms with Gasteiger partial charge in [0.05, 0.1) is 13.2 Å². The molecule has 2 heterocycles. The lowest BCUT2D eigenvalue weighted by atomic mass is 9.97. The standard InChI is InChI=1S/C19H37N5O3/c1-4-27-19(25)24-11-7-17(8-12-24)22-18(20-2)21-15-16-5-9-23(10-6-16)13-14-26-3/h16-17H,4-15H2,1-3H3,(H2,20,21,22). The Bertz CT molecular complexity index is 458. The second-order valence-electron chi connectivity index (χ2n) is 7.34. The van der Waals surface area contributed by atoms with E-state index in [2.05, 4.69) is 20.5 Å². The number of amides is 1. The highest BCUT2D eigenvalue weighted by atomic mass is 16.6. The van der Waals surface area contributed by atoms with Crippen LogP contribution in [0.2, 0.25) is 0 Å². The molecule has 2 rings (SSSR count). The average Bonchev–Trinajstić information content (AvgIpc) is 2.71. The van der Waals surface area contributed by atoms with Gasteiger partial charge in [0.1, 0.15) is 0 Å². The first-order valence-electron chi connectivity index (χ1n) is 10.3.